The first-order chi connectivity index (χ1) is 7.61. The van der Waals surface area contributed by atoms with Crippen LogP contribution in [0.5, 0.6) is 0 Å². The summed E-state index contributed by atoms with van der Waals surface area (Å²) in [6.45, 7) is 0. The lowest BCUT2D eigenvalue weighted by Gasteiger charge is -1.94. The van der Waals surface area contributed by atoms with E-state index in [-0.39, 0.29) is 17.0 Å². The van der Waals surface area contributed by atoms with E-state index in [0.29, 0.717) is 10.0 Å². The van der Waals surface area contributed by atoms with E-state index in [1.165, 1.54) is 34.4 Å². The van der Waals surface area contributed by atoms with Gasteiger partial charge in [-0.25, -0.2) is 9.78 Å². The first-order valence-electron chi connectivity index (χ1n) is 4.24. The van der Waals surface area contributed by atoms with Gasteiger partial charge in [-0.1, -0.05) is 0 Å². The average molecular weight is 353 g/mol. The van der Waals surface area contributed by atoms with Crippen molar-refractivity contribution < 1.29 is 9.90 Å². The third-order valence-electron chi connectivity index (χ3n) is 1.89. The van der Waals surface area contributed by atoms with E-state index in [9.17, 15) is 4.79 Å². The Labute approximate surface area is 121 Å². The van der Waals surface area contributed by atoms with Gasteiger partial charge in [0.05, 0.1) is 9.90 Å². The van der Waals surface area contributed by atoms with Crippen LogP contribution >= 0.6 is 51.4 Å². The normalized spacial score (nSPS) is 9.94. The Morgan fingerprint density at radius 3 is 2.76 bits per heavy atom. The number of carboxylic acid groups (broad SMARTS) is 1. The van der Waals surface area contributed by atoms with Gasteiger partial charge >= 0.3 is 5.97 Å². The Balaban J connectivity index is 0.00000144. The number of aromatic nitrogens is 1. The minimum atomic E-state index is -0.908. The second-order valence-electron chi connectivity index (χ2n) is 2.89. The summed E-state index contributed by atoms with van der Waals surface area (Å²) in [5.74, 6) is -0.908. The SMILES string of the molecule is Br.CSc1sc(C(=O)O)cc1-c1csc(N)n1. The third-order valence-corrected chi connectivity index (χ3v) is 4.82. The van der Waals surface area contributed by atoms with E-state index >= 15 is 0 Å². The van der Waals surface area contributed by atoms with Gasteiger partial charge in [-0.05, 0) is 12.3 Å². The second kappa shape index (κ2) is 5.85. The quantitative estimate of drug-likeness (QED) is 0.827. The largest absolute Gasteiger partial charge is 0.477 e. The molecule has 8 heteroatoms. The van der Waals surface area contributed by atoms with Crippen LogP contribution < -0.4 is 5.73 Å². The molecule has 0 atom stereocenters. The summed E-state index contributed by atoms with van der Waals surface area (Å²) in [6, 6.07) is 1.65. The highest BCUT2D eigenvalue weighted by molar-refractivity contribution is 8.93. The summed E-state index contributed by atoms with van der Waals surface area (Å²) in [6.07, 6.45) is 1.91. The molecule has 2 rings (SSSR count). The van der Waals surface area contributed by atoms with Crippen molar-refractivity contribution in [1.29, 1.82) is 0 Å². The molecule has 0 aliphatic heterocycles. The zero-order chi connectivity index (χ0) is 11.7. The average Bonchev–Trinajstić information content (AvgIpc) is 2.82. The van der Waals surface area contributed by atoms with Crippen LogP contribution in [0.15, 0.2) is 15.7 Å². The topological polar surface area (TPSA) is 76.2 Å². The maximum Gasteiger partial charge on any atom is 0.345 e. The summed E-state index contributed by atoms with van der Waals surface area (Å²) < 4.78 is 0.947. The number of aromatic carboxylic acids is 1. The summed E-state index contributed by atoms with van der Waals surface area (Å²) >= 11 is 4.13. The fourth-order valence-corrected chi connectivity index (χ4v) is 3.51. The molecule has 3 N–H and O–H groups in total. The molecule has 0 unspecified atom stereocenters. The number of rotatable bonds is 3. The van der Waals surface area contributed by atoms with Gasteiger partial charge in [0.1, 0.15) is 4.88 Å². The predicted octanol–water partition coefficient (Wildman–Crippen LogP) is 3.45. The third kappa shape index (κ3) is 3.01. The number of hydrogen-bond acceptors (Lipinski definition) is 6. The number of carboxylic acids is 1. The minimum Gasteiger partial charge on any atom is -0.477 e. The number of hydrogen-bond donors (Lipinski definition) is 2. The van der Waals surface area contributed by atoms with Crippen LogP contribution in [-0.2, 0) is 0 Å². The van der Waals surface area contributed by atoms with Gasteiger partial charge in [-0.15, -0.1) is 51.4 Å². The van der Waals surface area contributed by atoms with Crippen molar-refractivity contribution in [3.8, 4) is 11.3 Å². The van der Waals surface area contributed by atoms with Gasteiger partial charge in [0.15, 0.2) is 5.13 Å². The number of halogens is 1. The molecule has 4 nitrogen and oxygen atoms in total. The van der Waals surface area contributed by atoms with Crippen molar-refractivity contribution in [3.05, 3.63) is 16.3 Å². The van der Waals surface area contributed by atoms with E-state index in [0.717, 1.165) is 15.5 Å². The van der Waals surface area contributed by atoms with Gasteiger partial charge in [0, 0.05) is 10.9 Å². The lowest BCUT2D eigenvalue weighted by Crippen LogP contribution is -1.90. The molecule has 17 heavy (non-hydrogen) atoms. The van der Waals surface area contributed by atoms with Gasteiger partial charge in [0.25, 0.3) is 0 Å². The Hall–Kier alpha value is -0.570. The molecule has 2 heterocycles. The van der Waals surface area contributed by atoms with Crippen LogP contribution in [0.1, 0.15) is 9.67 Å². The molecule has 0 bridgehead atoms. The predicted molar refractivity (Wildman–Crippen MR) is 78.9 cm³/mol. The summed E-state index contributed by atoms with van der Waals surface area (Å²) in [5.41, 5.74) is 7.16. The Morgan fingerprint density at radius 2 is 2.29 bits per heavy atom. The lowest BCUT2D eigenvalue weighted by atomic mass is 10.2. The van der Waals surface area contributed by atoms with Crippen molar-refractivity contribution in [2.24, 2.45) is 0 Å². The number of thiophene rings is 1. The summed E-state index contributed by atoms with van der Waals surface area (Å²) in [4.78, 5) is 15.4. The van der Waals surface area contributed by atoms with Crippen molar-refractivity contribution in [2.75, 3.05) is 12.0 Å². The van der Waals surface area contributed by atoms with Gasteiger partial charge in [-0.2, -0.15) is 0 Å². The maximum absolute atomic E-state index is 10.9. The Morgan fingerprint density at radius 1 is 1.59 bits per heavy atom. The first-order valence-corrected chi connectivity index (χ1v) is 7.16. The van der Waals surface area contributed by atoms with E-state index < -0.39 is 5.97 Å². The second-order valence-corrected chi connectivity index (χ2v) is 5.91. The standard InChI is InChI=1S/C9H8N2O2S3.BrH/c1-14-8-4(2-6(16-8)7(12)13)5-3-15-9(10)11-5;/h2-3H,1H3,(H2,10,11)(H,12,13);1H. The molecule has 0 radical (unpaired) electrons. The molecule has 2 aromatic heterocycles. The van der Waals surface area contributed by atoms with Crippen molar-refractivity contribution >= 4 is 62.5 Å². The molecule has 0 fully saturated rings. The summed E-state index contributed by atoms with van der Waals surface area (Å²) in [5, 5.41) is 11.3. The molecule has 0 amide bonds. The number of nitrogens with zero attached hydrogens (tertiary/aromatic N) is 1. The lowest BCUT2D eigenvalue weighted by molar-refractivity contribution is 0.0702. The van der Waals surface area contributed by atoms with Crippen molar-refractivity contribution in [1.82, 2.24) is 4.98 Å². The highest BCUT2D eigenvalue weighted by Crippen LogP contribution is 2.38. The molecule has 0 saturated carbocycles. The van der Waals surface area contributed by atoms with E-state index in [1.807, 2.05) is 11.6 Å². The Kier molecular flexibility index (Phi) is 4.99. The number of nitrogens with two attached hydrogens (primary N) is 1. The van der Waals surface area contributed by atoms with Crippen LogP contribution in [0.2, 0.25) is 0 Å². The molecule has 0 aliphatic rings. The minimum absolute atomic E-state index is 0. The Bertz CT molecular complexity index is 538. The van der Waals surface area contributed by atoms with E-state index in [1.54, 1.807) is 6.07 Å². The fourth-order valence-electron chi connectivity index (χ4n) is 1.22. The molecule has 0 aliphatic carbocycles. The molecule has 92 valence electrons. The maximum atomic E-state index is 10.9. The van der Waals surface area contributed by atoms with E-state index in [4.69, 9.17) is 10.8 Å². The van der Waals surface area contributed by atoms with Crippen LogP contribution in [0.3, 0.4) is 0 Å². The smallest absolute Gasteiger partial charge is 0.345 e. The van der Waals surface area contributed by atoms with Gasteiger partial charge in [-0.3, -0.25) is 0 Å². The number of carbonyl (C=O) groups is 1. The van der Waals surface area contributed by atoms with Crippen LogP contribution in [0.25, 0.3) is 11.3 Å². The number of anilines is 1. The molecule has 0 aromatic carbocycles. The molecule has 2 aromatic rings. The fraction of sp³-hybridized carbons (Fsp3) is 0.111. The van der Waals surface area contributed by atoms with Crippen LogP contribution in [0.4, 0.5) is 5.13 Å². The highest BCUT2D eigenvalue weighted by atomic mass is 79.9. The van der Waals surface area contributed by atoms with Crippen LogP contribution in [0, 0.1) is 0 Å². The van der Waals surface area contributed by atoms with E-state index in [2.05, 4.69) is 4.98 Å². The van der Waals surface area contributed by atoms with Crippen molar-refractivity contribution in [3.63, 3.8) is 0 Å². The van der Waals surface area contributed by atoms with Gasteiger partial charge in [0.2, 0.25) is 0 Å². The summed E-state index contributed by atoms with van der Waals surface area (Å²) in [7, 11) is 0. The molecular formula is C9H9BrN2O2S3. The molecular weight excluding hydrogens is 344 g/mol. The zero-order valence-corrected chi connectivity index (χ0v) is 12.8. The molecule has 0 spiro atoms. The zero-order valence-electron chi connectivity index (χ0n) is 8.67. The number of thioether (sulfide) groups is 1. The highest BCUT2D eigenvalue weighted by Gasteiger charge is 2.16. The molecule has 0 saturated heterocycles. The monoisotopic (exact) mass is 352 g/mol. The van der Waals surface area contributed by atoms with Gasteiger partial charge < -0.3 is 10.8 Å². The van der Waals surface area contributed by atoms with Crippen molar-refractivity contribution in [2.45, 2.75) is 4.21 Å². The first kappa shape index (κ1) is 14.5. The van der Waals surface area contributed by atoms with Crippen LogP contribution in [-0.4, -0.2) is 22.3 Å². The number of thiazole rings is 1. The number of nitrogen functional groups attached to an aromatic ring is 1.